The van der Waals surface area contributed by atoms with Crippen LogP contribution in [0.15, 0.2) is 28.7 Å². The first kappa shape index (κ1) is 8.59. The molecule has 1 rings (SSSR count). The van der Waals surface area contributed by atoms with Crippen LogP contribution in [0.3, 0.4) is 0 Å². The van der Waals surface area contributed by atoms with Crippen molar-refractivity contribution in [1.29, 1.82) is 0 Å². The molecule has 0 fully saturated rings. The zero-order valence-electron chi connectivity index (χ0n) is 4.57. The van der Waals surface area contributed by atoms with Gasteiger partial charge in [-0.1, -0.05) is 22.0 Å². The van der Waals surface area contributed by atoms with E-state index in [-0.39, 0.29) is 11.3 Å². The third-order valence-electron chi connectivity index (χ3n) is 0.787. The molecule has 9 heavy (non-hydrogen) atoms. The molecule has 0 radical (unpaired) electrons. The minimum absolute atomic E-state index is 0. The van der Waals surface area contributed by atoms with Crippen LogP contribution in [0.2, 0.25) is 0 Å². The summed E-state index contributed by atoms with van der Waals surface area (Å²) in [4.78, 5) is 0. The van der Waals surface area contributed by atoms with Crippen molar-refractivity contribution in [1.82, 2.24) is 0 Å². The van der Waals surface area contributed by atoms with Crippen molar-refractivity contribution in [2.45, 2.75) is 0 Å². The molecular weight excluding hydrogens is 187 g/mol. The molecule has 0 saturated heterocycles. The molecule has 0 saturated carbocycles. The summed E-state index contributed by atoms with van der Waals surface area (Å²) in [6.45, 7) is 0. The molecule has 0 aliphatic heterocycles. The van der Waals surface area contributed by atoms with Crippen LogP contribution in [0.4, 0.5) is 4.39 Å². The zero-order chi connectivity index (χ0) is 5.98. The van der Waals surface area contributed by atoms with Crippen LogP contribution in [-0.2, 0) is 0 Å². The van der Waals surface area contributed by atoms with Crippen molar-refractivity contribution in [3.8, 4) is 0 Å². The van der Waals surface area contributed by atoms with Crippen molar-refractivity contribution in [3.63, 3.8) is 0 Å². The molecule has 0 heterocycles. The second kappa shape index (κ2) is 3.58. The Morgan fingerprint density at radius 3 is 2.33 bits per heavy atom. The van der Waals surface area contributed by atoms with E-state index in [9.17, 15) is 4.39 Å². The maximum absolute atomic E-state index is 12.1. The molecule has 1 aromatic carbocycles. The maximum atomic E-state index is 12.1. The predicted octanol–water partition coefficient (Wildman–Crippen LogP) is 1.76. The van der Waals surface area contributed by atoms with Crippen LogP contribution in [-0.4, -0.2) is 5.48 Å². The Hall–Kier alpha value is -0.410. The van der Waals surface area contributed by atoms with E-state index in [4.69, 9.17) is 0 Å². The Kier molecular flexibility index (Phi) is 3.42. The number of benzene rings is 1. The average molecular weight is 193 g/mol. The maximum Gasteiger partial charge on any atom is 0.124 e. The number of hydrogen-bond acceptors (Lipinski definition) is 0. The van der Waals surface area contributed by atoms with Crippen molar-refractivity contribution in [2.75, 3.05) is 0 Å². The van der Waals surface area contributed by atoms with Gasteiger partial charge in [0.25, 0.3) is 0 Å². The summed E-state index contributed by atoms with van der Waals surface area (Å²) in [5, 5.41) is 0. The lowest BCUT2D eigenvalue weighted by Crippen LogP contribution is -1.68. The molecule has 0 aliphatic carbocycles. The first-order valence-corrected chi connectivity index (χ1v) is 2.99. The standard InChI is InChI=1S/C6H4BrF.H2O/c7-5-2-1-3-6(8)4-5;/h1-4H;1H2. The van der Waals surface area contributed by atoms with Gasteiger partial charge in [0.15, 0.2) is 0 Å². The van der Waals surface area contributed by atoms with E-state index in [1.807, 2.05) is 0 Å². The molecule has 1 aromatic rings. The van der Waals surface area contributed by atoms with Crippen LogP contribution in [0.5, 0.6) is 0 Å². The molecule has 0 aliphatic rings. The van der Waals surface area contributed by atoms with Gasteiger partial charge in [0.05, 0.1) is 0 Å². The summed E-state index contributed by atoms with van der Waals surface area (Å²) in [6.07, 6.45) is 0. The van der Waals surface area contributed by atoms with Gasteiger partial charge in [0, 0.05) is 4.47 Å². The highest BCUT2D eigenvalue weighted by Gasteiger charge is 1.86. The minimum atomic E-state index is -0.209. The van der Waals surface area contributed by atoms with E-state index in [0.717, 1.165) is 4.47 Å². The molecule has 0 unspecified atom stereocenters. The lowest BCUT2D eigenvalue weighted by molar-refractivity contribution is 0.627. The Morgan fingerprint density at radius 2 is 2.00 bits per heavy atom. The van der Waals surface area contributed by atoms with Crippen LogP contribution < -0.4 is 0 Å². The van der Waals surface area contributed by atoms with E-state index in [2.05, 4.69) is 15.9 Å². The largest absolute Gasteiger partial charge is 0.412 e. The fourth-order valence-electron chi connectivity index (χ4n) is 0.460. The first-order chi connectivity index (χ1) is 3.79. The average Bonchev–Trinajstić information content (AvgIpc) is 1.64. The molecular formula is C6H6BrFO. The van der Waals surface area contributed by atoms with Gasteiger partial charge in [-0.2, -0.15) is 0 Å². The van der Waals surface area contributed by atoms with Crippen LogP contribution in [0.1, 0.15) is 0 Å². The first-order valence-electron chi connectivity index (χ1n) is 2.20. The van der Waals surface area contributed by atoms with Gasteiger partial charge in [0.1, 0.15) is 5.82 Å². The van der Waals surface area contributed by atoms with Gasteiger partial charge in [-0.05, 0) is 18.2 Å². The molecule has 2 N–H and O–H groups in total. The Labute approximate surface area is 60.9 Å². The van der Waals surface area contributed by atoms with Gasteiger partial charge >= 0.3 is 0 Å². The molecule has 0 amide bonds. The summed E-state index contributed by atoms with van der Waals surface area (Å²) in [6, 6.07) is 6.26. The van der Waals surface area contributed by atoms with E-state index in [1.54, 1.807) is 12.1 Å². The highest BCUT2D eigenvalue weighted by Crippen LogP contribution is 2.09. The van der Waals surface area contributed by atoms with Crippen LogP contribution in [0.25, 0.3) is 0 Å². The van der Waals surface area contributed by atoms with E-state index in [0.29, 0.717) is 0 Å². The minimum Gasteiger partial charge on any atom is -0.412 e. The molecule has 0 atom stereocenters. The molecule has 50 valence electrons. The van der Waals surface area contributed by atoms with Gasteiger partial charge in [-0.3, -0.25) is 0 Å². The van der Waals surface area contributed by atoms with Gasteiger partial charge in [0.2, 0.25) is 0 Å². The normalized spacial score (nSPS) is 8.22. The predicted molar refractivity (Wildman–Crippen MR) is 37.7 cm³/mol. The number of rotatable bonds is 0. The van der Waals surface area contributed by atoms with Gasteiger partial charge in [-0.15, -0.1) is 0 Å². The zero-order valence-corrected chi connectivity index (χ0v) is 6.15. The Morgan fingerprint density at radius 1 is 1.33 bits per heavy atom. The second-order valence-corrected chi connectivity index (χ2v) is 2.36. The summed E-state index contributed by atoms with van der Waals surface area (Å²) >= 11 is 3.12. The van der Waals surface area contributed by atoms with Crippen molar-refractivity contribution >= 4 is 15.9 Å². The van der Waals surface area contributed by atoms with Crippen LogP contribution >= 0.6 is 15.9 Å². The smallest absolute Gasteiger partial charge is 0.124 e. The summed E-state index contributed by atoms with van der Waals surface area (Å²) in [5.41, 5.74) is 0. The number of hydrogen-bond donors (Lipinski definition) is 0. The molecule has 1 nitrogen and oxygen atoms in total. The fourth-order valence-corrected chi connectivity index (χ4v) is 0.831. The fraction of sp³-hybridized carbons (Fsp3) is 0. The lowest BCUT2D eigenvalue weighted by atomic mass is 10.4. The van der Waals surface area contributed by atoms with Gasteiger partial charge < -0.3 is 5.48 Å². The lowest BCUT2D eigenvalue weighted by Gasteiger charge is -1.85. The third kappa shape index (κ3) is 2.58. The monoisotopic (exact) mass is 192 g/mol. The highest BCUT2D eigenvalue weighted by atomic mass is 79.9. The van der Waals surface area contributed by atoms with Crippen molar-refractivity contribution in [2.24, 2.45) is 0 Å². The van der Waals surface area contributed by atoms with E-state index >= 15 is 0 Å². The third-order valence-corrected chi connectivity index (χ3v) is 1.28. The van der Waals surface area contributed by atoms with E-state index < -0.39 is 0 Å². The Balaban J connectivity index is 0.000000640. The van der Waals surface area contributed by atoms with Crippen molar-refractivity contribution < 1.29 is 9.87 Å². The molecule has 3 heteroatoms. The highest BCUT2D eigenvalue weighted by molar-refractivity contribution is 9.10. The van der Waals surface area contributed by atoms with E-state index in [1.165, 1.54) is 12.1 Å². The topological polar surface area (TPSA) is 31.5 Å². The Bertz CT molecular complexity index is 173. The molecule has 0 aromatic heterocycles. The SMILES string of the molecule is Fc1cccc(Br)c1.O. The van der Waals surface area contributed by atoms with Crippen molar-refractivity contribution in [3.05, 3.63) is 34.6 Å². The molecule has 0 spiro atoms. The van der Waals surface area contributed by atoms with Gasteiger partial charge in [-0.25, -0.2) is 4.39 Å². The summed E-state index contributed by atoms with van der Waals surface area (Å²) < 4.78 is 12.9. The quantitative estimate of drug-likeness (QED) is 0.601. The number of halogens is 2. The van der Waals surface area contributed by atoms with Crippen LogP contribution in [0, 0.1) is 5.82 Å². The molecule has 0 bridgehead atoms. The summed E-state index contributed by atoms with van der Waals surface area (Å²) in [5.74, 6) is -0.209. The summed E-state index contributed by atoms with van der Waals surface area (Å²) in [7, 11) is 0. The second-order valence-electron chi connectivity index (χ2n) is 1.44.